The summed E-state index contributed by atoms with van der Waals surface area (Å²) in [7, 11) is 0. The number of nitrogen functional groups attached to an aromatic ring is 1. The van der Waals surface area contributed by atoms with Gasteiger partial charge in [-0.2, -0.15) is 0 Å². The standard InChI is InChI=1S/C24H22Cl3N3/c1-24(2,3)23-12-19(28)17-11-22(14-4-6-15(25)7-5-14)30(13-20(17)29-23)21-9-8-16(26)10-18(21)27/h4-12H,13H2,1-3H3,(H2,28,29). The summed E-state index contributed by atoms with van der Waals surface area (Å²) in [5.41, 5.74) is 12.7. The van der Waals surface area contributed by atoms with E-state index in [0.29, 0.717) is 21.6 Å². The minimum atomic E-state index is -0.105. The van der Waals surface area contributed by atoms with Gasteiger partial charge in [-0.25, -0.2) is 0 Å². The maximum absolute atomic E-state index is 6.58. The van der Waals surface area contributed by atoms with E-state index in [1.165, 1.54) is 0 Å². The lowest BCUT2D eigenvalue weighted by Gasteiger charge is -2.33. The summed E-state index contributed by atoms with van der Waals surface area (Å²) in [6.45, 7) is 6.94. The first-order valence-electron chi connectivity index (χ1n) is 9.63. The number of anilines is 2. The van der Waals surface area contributed by atoms with Crippen molar-refractivity contribution in [1.29, 1.82) is 0 Å². The highest BCUT2D eigenvalue weighted by Crippen LogP contribution is 2.41. The van der Waals surface area contributed by atoms with Crippen LogP contribution in [-0.2, 0) is 12.0 Å². The van der Waals surface area contributed by atoms with Gasteiger partial charge in [0, 0.05) is 38.1 Å². The number of pyridine rings is 1. The smallest absolute Gasteiger partial charge is 0.0698 e. The molecule has 1 aliphatic rings. The predicted molar refractivity (Wildman–Crippen MR) is 129 cm³/mol. The molecule has 2 heterocycles. The normalized spacial score (nSPS) is 13.8. The third-order valence-electron chi connectivity index (χ3n) is 5.16. The first-order chi connectivity index (χ1) is 14.1. The van der Waals surface area contributed by atoms with Crippen molar-refractivity contribution in [3.05, 3.63) is 86.1 Å². The van der Waals surface area contributed by atoms with E-state index in [1.54, 1.807) is 6.07 Å². The van der Waals surface area contributed by atoms with Crippen LogP contribution in [0.1, 0.15) is 43.3 Å². The highest BCUT2D eigenvalue weighted by atomic mass is 35.5. The van der Waals surface area contributed by atoms with E-state index in [4.69, 9.17) is 45.5 Å². The van der Waals surface area contributed by atoms with E-state index < -0.39 is 0 Å². The summed E-state index contributed by atoms with van der Waals surface area (Å²) in [5, 5.41) is 1.85. The van der Waals surface area contributed by atoms with Crippen molar-refractivity contribution in [3.63, 3.8) is 0 Å². The van der Waals surface area contributed by atoms with Gasteiger partial charge in [0.25, 0.3) is 0 Å². The number of fused-ring (bicyclic) bond motifs is 1. The average molecular weight is 459 g/mol. The molecule has 0 bridgehead atoms. The topological polar surface area (TPSA) is 42.1 Å². The molecule has 0 spiro atoms. The van der Waals surface area contributed by atoms with Gasteiger partial charge in [-0.3, -0.25) is 4.98 Å². The Hall–Kier alpha value is -2.20. The molecule has 0 unspecified atom stereocenters. The summed E-state index contributed by atoms with van der Waals surface area (Å²) >= 11 is 18.8. The predicted octanol–water partition coefficient (Wildman–Crippen LogP) is 7.44. The molecule has 1 aliphatic heterocycles. The number of hydrogen-bond acceptors (Lipinski definition) is 3. The zero-order valence-electron chi connectivity index (χ0n) is 17.0. The fourth-order valence-electron chi connectivity index (χ4n) is 3.53. The Balaban J connectivity index is 1.92. The average Bonchev–Trinajstić information content (AvgIpc) is 2.67. The Kier molecular flexibility index (Phi) is 5.48. The molecule has 0 saturated carbocycles. The molecule has 3 nitrogen and oxygen atoms in total. The molecular weight excluding hydrogens is 437 g/mol. The van der Waals surface area contributed by atoms with E-state index >= 15 is 0 Å². The Labute approximate surface area is 192 Å². The van der Waals surface area contributed by atoms with Gasteiger partial charge in [0.2, 0.25) is 0 Å². The van der Waals surface area contributed by atoms with E-state index in [-0.39, 0.29) is 5.41 Å². The van der Waals surface area contributed by atoms with Gasteiger partial charge in [0.1, 0.15) is 0 Å². The molecule has 4 rings (SSSR count). The van der Waals surface area contributed by atoms with Crippen molar-refractivity contribution in [1.82, 2.24) is 4.98 Å². The Morgan fingerprint density at radius 1 is 0.933 bits per heavy atom. The minimum absolute atomic E-state index is 0.105. The molecule has 3 aromatic rings. The van der Waals surface area contributed by atoms with Gasteiger partial charge in [-0.05, 0) is 48.0 Å². The van der Waals surface area contributed by atoms with Gasteiger partial charge in [-0.15, -0.1) is 0 Å². The van der Waals surface area contributed by atoms with Gasteiger partial charge < -0.3 is 10.6 Å². The van der Waals surface area contributed by atoms with Crippen molar-refractivity contribution in [2.24, 2.45) is 0 Å². The van der Waals surface area contributed by atoms with Crippen LogP contribution in [0, 0.1) is 0 Å². The SMILES string of the molecule is CC(C)(C)c1cc(N)c2c(n1)CN(c1ccc(Cl)cc1Cl)C(c1ccc(Cl)cc1)=C2. The Morgan fingerprint density at radius 3 is 2.23 bits per heavy atom. The summed E-state index contributed by atoms with van der Waals surface area (Å²) in [6.07, 6.45) is 2.07. The fraction of sp³-hybridized carbons (Fsp3) is 0.208. The monoisotopic (exact) mass is 457 g/mol. The molecule has 0 amide bonds. The molecular formula is C24H22Cl3N3. The molecule has 1 aromatic heterocycles. The lowest BCUT2D eigenvalue weighted by molar-refractivity contribution is 0.565. The molecule has 154 valence electrons. The van der Waals surface area contributed by atoms with Crippen molar-refractivity contribution >= 4 is 58.0 Å². The number of nitrogens with zero attached hydrogens (tertiary/aromatic N) is 2. The van der Waals surface area contributed by atoms with Crippen LogP contribution in [0.4, 0.5) is 11.4 Å². The molecule has 0 fully saturated rings. The number of hydrogen-bond donors (Lipinski definition) is 1. The maximum atomic E-state index is 6.58. The zero-order valence-corrected chi connectivity index (χ0v) is 19.3. The first-order valence-corrected chi connectivity index (χ1v) is 10.8. The van der Waals surface area contributed by atoms with E-state index in [2.05, 4.69) is 31.7 Å². The largest absolute Gasteiger partial charge is 0.398 e. The molecule has 0 atom stereocenters. The number of nitrogens with two attached hydrogens (primary N) is 1. The summed E-state index contributed by atoms with van der Waals surface area (Å²) in [4.78, 5) is 7.10. The lowest BCUT2D eigenvalue weighted by atomic mass is 9.89. The second-order valence-electron chi connectivity index (χ2n) is 8.43. The molecule has 6 heteroatoms. The third kappa shape index (κ3) is 4.02. The van der Waals surface area contributed by atoms with Gasteiger partial charge >= 0.3 is 0 Å². The number of halogens is 3. The molecule has 2 N–H and O–H groups in total. The van der Waals surface area contributed by atoms with Crippen LogP contribution < -0.4 is 10.6 Å². The van der Waals surface area contributed by atoms with Gasteiger partial charge in [0.05, 0.1) is 22.9 Å². The zero-order chi connectivity index (χ0) is 21.6. The van der Waals surface area contributed by atoms with Gasteiger partial charge in [-0.1, -0.05) is 67.7 Å². The van der Waals surface area contributed by atoms with Crippen LogP contribution in [0.25, 0.3) is 11.8 Å². The van der Waals surface area contributed by atoms with Crippen LogP contribution in [0.2, 0.25) is 15.1 Å². The van der Waals surface area contributed by atoms with Crippen LogP contribution in [0.5, 0.6) is 0 Å². The third-order valence-corrected chi connectivity index (χ3v) is 5.95. The first kappa shape index (κ1) is 21.0. The van der Waals surface area contributed by atoms with Crippen molar-refractivity contribution in [2.75, 3.05) is 10.6 Å². The second kappa shape index (κ2) is 7.81. The van der Waals surface area contributed by atoms with Crippen molar-refractivity contribution < 1.29 is 0 Å². The lowest BCUT2D eigenvalue weighted by Crippen LogP contribution is -2.27. The van der Waals surface area contributed by atoms with Crippen molar-refractivity contribution in [2.45, 2.75) is 32.7 Å². The summed E-state index contributed by atoms with van der Waals surface area (Å²) < 4.78 is 0. The number of aromatic nitrogens is 1. The highest BCUT2D eigenvalue weighted by molar-refractivity contribution is 6.36. The molecule has 0 aliphatic carbocycles. The molecule has 0 saturated heterocycles. The Bertz CT molecular complexity index is 1150. The molecule has 0 radical (unpaired) electrons. The second-order valence-corrected chi connectivity index (χ2v) is 9.71. The van der Waals surface area contributed by atoms with Crippen LogP contribution in [0.15, 0.2) is 48.5 Å². The number of benzene rings is 2. The Morgan fingerprint density at radius 2 is 1.60 bits per heavy atom. The van der Waals surface area contributed by atoms with E-state index in [9.17, 15) is 0 Å². The van der Waals surface area contributed by atoms with E-state index in [0.717, 1.165) is 39.6 Å². The fourth-order valence-corrected chi connectivity index (χ4v) is 4.16. The van der Waals surface area contributed by atoms with Crippen LogP contribution in [-0.4, -0.2) is 4.98 Å². The summed E-state index contributed by atoms with van der Waals surface area (Å²) in [6, 6.07) is 15.2. The van der Waals surface area contributed by atoms with E-state index in [1.807, 2.05) is 42.5 Å². The summed E-state index contributed by atoms with van der Waals surface area (Å²) in [5.74, 6) is 0. The van der Waals surface area contributed by atoms with Gasteiger partial charge in [0.15, 0.2) is 0 Å². The molecule has 30 heavy (non-hydrogen) atoms. The van der Waals surface area contributed by atoms with Crippen LogP contribution in [0.3, 0.4) is 0 Å². The van der Waals surface area contributed by atoms with Crippen LogP contribution >= 0.6 is 34.8 Å². The highest BCUT2D eigenvalue weighted by Gasteiger charge is 2.27. The quantitative estimate of drug-likeness (QED) is 0.434. The maximum Gasteiger partial charge on any atom is 0.0698 e. The minimum Gasteiger partial charge on any atom is -0.398 e. The molecule has 2 aromatic carbocycles. The van der Waals surface area contributed by atoms with Crippen molar-refractivity contribution in [3.8, 4) is 0 Å². The number of rotatable bonds is 2.